The summed E-state index contributed by atoms with van der Waals surface area (Å²) in [6.45, 7) is 5.52. The van der Waals surface area contributed by atoms with Crippen LogP contribution in [0.1, 0.15) is 38.2 Å². The van der Waals surface area contributed by atoms with E-state index in [2.05, 4.69) is 23.5 Å². The predicted octanol–water partition coefficient (Wildman–Crippen LogP) is 3.12. The summed E-state index contributed by atoms with van der Waals surface area (Å²) in [7, 11) is 2.01. The molecule has 3 rings (SSSR count). The second-order valence-corrected chi connectivity index (χ2v) is 6.01. The minimum absolute atomic E-state index is 0.474. The van der Waals surface area contributed by atoms with Crippen molar-refractivity contribution in [3.05, 3.63) is 11.5 Å². The molecule has 2 heterocycles. The summed E-state index contributed by atoms with van der Waals surface area (Å²) in [5.74, 6) is 3.08. The Morgan fingerprint density at radius 1 is 1.42 bits per heavy atom. The molecule has 4 nitrogen and oxygen atoms in total. The summed E-state index contributed by atoms with van der Waals surface area (Å²) in [5.41, 5.74) is 3.29. The van der Waals surface area contributed by atoms with Crippen LogP contribution < -0.4 is 0 Å². The molecule has 19 heavy (non-hydrogen) atoms. The van der Waals surface area contributed by atoms with E-state index in [0.29, 0.717) is 5.88 Å². The van der Waals surface area contributed by atoms with Crippen molar-refractivity contribution < 1.29 is 0 Å². The lowest BCUT2D eigenvalue weighted by atomic mass is 10.2. The first-order valence-electron chi connectivity index (χ1n) is 7.12. The van der Waals surface area contributed by atoms with Gasteiger partial charge in [-0.3, -0.25) is 4.68 Å². The minimum atomic E-state index is 0.474. The molecule has 2 aromatic rings. The summed E-state index contributed by atoms with van der Waals surface area (Å²) in [6.07, 6.45) is 3.39. The van der Waals surface area contributed by atoms with Crippen LogP contribution in [0.5, 0.6) is 0 Å². The van der Waals surface area contributed by atoms with Gasteiger partial charge < -0.3 is 4.57 Å². The van der Waals surface area contributed by atoms with Crippen LogP contribution in [0.15, 0.2) is 0 Å². The number of aromatic nitrogens is 4. The lowest BCUT2D eigenvalue weighted by Crippen LogP contribution is -2.08. The van der Waals surface area contributed by atoms with Gasteiger partial charge in [0.15, 0.2) is 5.65 Å². The monoisotopic (exact) mass is 280 g/mol. The summed E-state index contributed by atoms with van der Waals surface area (Å²) < 4.78 is 4.25. The summed E-state index contributed by atoms with van der Waals surface area (Å²) >= 11 is 6.07. The maximum Gasteiger partial charge on any atom is 0.158 e. The maximum absolute atomic E-state index is 6.07. The molecule has 0 bridgehead atoms. The van der Waals surface area contributed by atoms with E-state index in [1.165, 1.54) is 6.42 Å². The molecular weight excluding hydrogens is 260 g/mol. The maximum atomic E-state index is 6.07. The zero-order valence-electron chi connectivity index (χ0n) is 11.9. The molecule has 1 aliphatic rings. The Labute approximate surface area is 118 Å². The summed E-state index contributed by atoms with van der Waals surface area (Å²) in [6, 6.07) is 0. The first-order chi connectivity index (χ1) is 9.15. The number of imidazole rings is 1. The molecule has 1 fully saturated rings. The van der Waals surface area contributed by atoms with E-state index in [1.807, 2.05) is 11.7 Å². The van der Waals surface area contributed by atoms with Crippen LogP contribution in [0, 0.1) is 11.8 Å². The molecule has 5 heteroatoms. The van der Waals surface area contributed by atoms with Gasteiger partial charge in [-0.15, -0.1) is 11.6 Å². The third kappa shape index (κ3) is 2.16. The SMILES string of the molecule is CCCc1nn(C)c2c1nc(CCl)n2CC1CC1C. The molecule has 2 atom stereocenters. The van der Waals surface area contributed by atoms with Crippen molar-refractivity contribution in [2.45, 2.75) is 45.5 Å². The molecule has 0 aromatic carbocycles. The molecule has 104 valence electrons. The normalized spacial score (nSPS) is 22.3. The number of hydrogen-bond acceptors (Lipinski definition) is 2. The van der Waals surface area contributed by atoms with Gasteiger partial charge in [-0.05, 0) is 24.7 Å². The molecule has 2 unspecified atom stereocenters. The highest BCUT2D eigenvalue weighted by atomic mass is 35.5. The van der Waals surface area contributed by atoms with E-state index < -0.39 is 0 Å². The third-order valence-electron chi connectivity index (χ3n) is 4.17. The Balaban J connectivity index is 2.07. The Hall–Kier alpha value is -1.03. The molecule has 2 aromatic heterocycles. The number of fused-ring (bicyclic) bond motifs is 1. The van der Waals surface area contributed by atoms with Crippen LogP contribution in [-0.4, -0.2) is 19.3 Å². The Morgan fingerprint density at radius 2 is 2.16 bits per heavy atom. The average Bonchev–Trinajstić information content (AvgIpc) is 2.84. The van der Waals surface area contributed by atoms with E-state index >= 15 is 0 Å². The van der Waals surface area contributed by atoms with Gasteiger partial charge in [0, 0.05) is 13.6 Å². The van der Waals surface area contributed by atoms with Crippen LogP contribution in [0.3, 0.4) is 0 Å². The van der Waals surface area contributed by atoms with E-state index in [-0.39, 0.29) is 0 Å². The minimum Gasteiger partial charge on any atom is -0.312 e. The van der Waals surface area contributed by atoms with E-state index in [1.54, 1.807) is 0 Å². The largest absolute Gasteiger partial charge is 0.312 e. The zero-order valence-corrected chi connectivity index (χ0v) is 12.6. The fourth-order valence-corrected chi connectivity index (χ4v) is 3.08. The van der Waals surface area contributed by atoms with Crippen molar-refractivity contribution in [1.82, 2.24) is 19.3 Å². The molecule has 0 spiro atoms. The van der Waals surface area contributed by atoms with Crippen molar-refractivity contribution in [3.8, 4) is 0 Å². The quantitative estimate of drug-likeness (QED) is 0.789. The Morgan fingerprint density at radius 3 is 2.74 bits per heavy atom. The number of halogens is 1. The fourth-order valence-electron chi connectivity index (χ4n) is 2.87. The first-order valence-corrected chi connectivity index (χ1v) is 7.66. The van der Waals surface area contributed by atoms with Crippen molar-refractivity contribution >= 4 is 22.8 Å². The molecule has 0 amide bonds. The molecule has 0 aliphatic heterocycles. The van der Waals surface area contributed by atoms with Crippen LogP contribution in [-0.2, 0) is 25.9 Å². The van der Waals surface area contributed by atoms with Crippen molar-refractivity contribution in [1.29, 1.82) is 0 Å². The van der Waals surface area contributed by atoms with Crippen molar-refractivity contribution in [2.75, 3.05) is 0 Å². The number of nitrogens with zero attached hydrogens (tertiary/aromatic N) is 4. The molecule has 0 radical (unpaired) electrons. The first kappa shape index (κ1) is 13.0. The van der Waals surface area contributed by atoms with Crippen LogP contribution in [0.4, 0.5) is 0 Å². The predicted molar refractivity (Wildman–Crippen MR) is 77.3 cm³/mol. The lowest BCUT2D eigenvalue weighted by molar-refractivity contribution is 0.575. The summed E-state index contributed by atoms with van der Waals surface area (Å²) in [5, 5.41) is 4.61. The van der Waals surface area contributed by atoms with Gasteiger partial charge in [0.1, 0.15) is 11.3 Å². The smallest absolute Gasteiger partial charge is 0.158 e. The topological polar surface area (TPSA) is 35.6 Å². The lowest BCUT2D eigenvalue weighted by Gasteiger charge is -2.07. The second kappa shape index (κ2) is 4.82. The number of aryl methyl sites for hydroxylation is 2. The van der Waals surface area contributed by atoms with Crippen LogP contribution >= 0.6 is 11.6 Å². The molecule has 0 saturated heterocycles. The zero-order chi connectivity index (χ0) is 13.6. The highest BCUT2D eigenvalue weighted by Crippen LogP contribution is 2.40. The van der Waals surface area contributed by atoms with E-state index in [0.717, 1.165) is 53.9 Å². The van der Waals surface area contributed by atoms with Crippen LogP contribution in [0.2, 0.25) is 0 Å². The molecule has 1 saturated carbocycles. The Bertz CT molecular complexity index is 598. The number of alkyl halides is 1. The summed E-state index contributed by atoms with van der Waals surface area (Å²) in [4.78, 5) is 4.72. The van der Waals surface area contributed by atoms with Gasteiger partial charge in [-0.2, -0.15) is 5.10 Å². The van der Waals surface area contributed by atoms with E-state index in [9.17, 15) is 0 Å². The van der Waals surface area contributed by atoms with Gasteiger partial charge in [0.25, 0.3) is 0 Å². The number of hydrogen-bond donors (Lipinski definition) is 0. The molecular formula is C14H21ClN4. The van der Waals surface area contributed by atoms with Crippen LogP contribution in [0.25, 0.3) is 11.2 Å². The van der Waals surface area contributed by atoms with Gasteiger partial charge in [-0.1, -0.05) is 20.3 Å². The Kier molecular flexibility index (Phi) is 3.29. The standard InChI is InChI=1S/C14H21ClN4/c1-4-5-11-13-14(18(3)17-11)19(12(7-15)16-13)8-10-6-9(10)2/h9-10H,4-8H2,1-3H3. The van der Waals surface area contributed by atoms with Crippen molar-refractivity contribution in [3.63, 3.8) is 0 Å². The third-order valence-corrected chi connectivity index (χ3v) is 4.41. The van der Waals surface area contributed by atoms with Crippen molar-refractivity contribution in [2.24, 2.45) is 18.9 Å². The second-order valence-electron chi connectivity index (χ2n) is 5.74. The molecule has 0 N–H and O–H groups in total. The van der Waals surface area contributed by atoms with E-state index in [4.69, 9.17) is 16.6 Å². The molecule has 1 aliphatic carbocycles. The fraction of sp³-hybridized carbons (Fsp3) is 0.714. The highest BCUT2D eigenvalue weighted by Gasteiger charge is 2.34. The number of rotatable bonds is 5. The highest BCUT2D eigenvalue weighted by molar-refractivity contribution is 6.16. The van der Waals surface area contributed by atoms with Gasteiger partial charge in [0.05, 0.1) is 11.6 Å². The van der Waals surface area contributed by atoms with Gasteiger partial charge >= 0.3 is 0 Å². The van der Waals surface area contributed by atoms with Gasteiger partial charge in [-0.25, -0.2) is 4.98 Å². The average molecular weight is 281 g/mol. The van der Waals surface area contributed by atoms with Gasteiger partial charge in [0.2, 0.25) is 0 Å².